The van der Waals surface area contributed by atoms with Gasteiger partial charge in [-0.2, -0.15) is 0 Å². The molecule has 0 spiro atoms. The highest BCUT2D eigenvalue weighted by molar-refractivity contribution is 6.02. The Morgan fingerprint density at radius 2 is 1.44 bits per heavy atom. The molecule has 0 fully saturated rings. The Bertz CT molecular complexity index is 1530. The number of fused-ring (bicyclic) bond motifs is 3. The van der Waals surface area contributed by atoms with Crippen molar-refractivity contribution in [2.24, 2.45) is 5.92 Å². The fourth-order valence-corrected chi connectivity index (χ4v) is 5.71. The SMILES string of the molecule is C=CCN(Cc1cccc2ccccc12)C(=C)C(CCNC)CNCc1c2ccccc2cc2ccccc12. The summed E-state index contributed by atoms with van der Waals surface area (Å²) in [5.74, 6) is 0.300. The van der Waals surface area contributed by atoms with E-state index in [1.165, 1.54) is 43.4 Å². The number of nitrogens with one attached hydrogen (secondary N) is 2. The van der Waals surface area contributed by atoms with E-state index in [4.69, 9.17) is 0 Å². The van der Waals surface area contributed by atoms with Gasteiger partial charge in [-0.15, -0.1) is 6.58 Å². The third-order valence-corrected chi connectivity index (χ3v) is 7.79. The molecule has 1 unspecified atom stereocenters. The summed E-state index contributed by atoms with van der Waals surface area (Å²) in [6.45, 7) is 12.9. The predicted octanol–water partition coefficient (Wildman–Crippen LogP) is 7.66. The summed E-state index contributed by atoms with van der Waals surface area (Å²) in [6, 6.07) is 34.9. The number of hydrogen-bond acceptors (Lipinski definition) is 3. The molecule has 3 heteroatoms. The molecule has 0 aromatic heterocycles. The third kappa shape index (κ3) is 6.06. The topological polar surface area (TPSA) is 27.3 Å². The van der Waals surface area contributed by atoms with Crippen molar-refractivity contribution in [3.05, 3.63) is 133 Å². The number of nitrogens with zero attached hydrogens (tertiary/aromatic N) is 1. The van der Waals surface area contributed by atoms with Crippen LogP contribution in [0.3, 0.4) is 0 Å². The van der Waals surface area contributed by atoms with E-state index in [-0.39, 0.29) is 0 Å². The highest BCUT2D eigenvalue weighted by atomic mass is 15.1. The molecule has 0 aliphatic heterocycles. The number of benzene rings is 5. The van der Waals surface area contributed by atoms with Gasteiger partial charge in [0.2, 0.25) is 0 Å². The van der Waals surface area contributed by atoms with Gasteiger partial charge in [0, 0.05) is 37.8 Å². The average Bonchev–Trinajstić information content (AvgIpc) is 2.98. The molecule has 0 saturated heterocycles. The van der Waals surface area contributed by atoms with E-state index in [9.17, 15) is 0 Å². The molecule has 0 saturated carbocycles. The highest BCUT2D eigenvalue weighted by Gasteiger charge is 2.19. The van der Waals surface area contributed by atoms with Crippen LogP contribution in [0.1, 0.15) is 17.5 Å². The molecule has 3 nitrogen and oxygen atoms in total. The van der Waals surface area contributed by atoms with Gasteiger partial charge in [0.15, 0.2) is 0 Å². The van der Waals surface area contributed by atoms with Crippen molar-refractivity contribution in [2.75, 3.05) is 26.7 Å². The van der Waals surface area contributed by atoms with Gasteiger partial charge in [0.1, 0.15) is 0 Å². The molecule has 39 heavy (non-hydrogen) atoms. The van der Waals surface area contributed by atoms with Gasteiger partial charge in [0.25, 0.3) is 0 Å². The van der Waals surface area contributed by atoms with Crippen molar-refractivity contribution < 1.29 is 0 Å². The standard InChI is InChI=1S/C36H39N3/c1-4-22-39(26-32-16-11-15-28-12-5-8-17-33(28)32)27(2)31(20-21-37-3)24-38-25-36-34-18-9-6-13-29(34)23-30-14-7-10-19-35(30)36/h4-19,23,31,37-38H,1-2,20-22,24-26H2,3H3. The third-order valence-electron chi connectivity index (χ3n) is 7.79. The Morgan fingerprint density at radius 1 is 0.821 bits per heavy atom. The summed E-state index contributed by atoms with van der Waals surface area (Å²) >= 11 is 0. The molecule has 1 atom stereocenters. The van der Waals surface area contributed by atoms with Gasteiger partial charge in [0.05, 0.1) is 0 Å². The zero-order valence-electron chi connectivity index (χ0n) is 23.0. The first-order valence-corrected chi connectivity index (χ1v) is 14.0. The Hall–Kier alpha value is -3.92. The summed E-state index contributed by atoms with van der Waals surface area (Å²) in [5.41, 5.74) is 3.84. The minimum absolute atomic E-state index is 0.300. The van der Waals surface area contributed by atoms with Crippen molar-refractivity contribution in [2.45, 2.75) is 19.5 Å². The van der Waals surface area contributed by atoms with E-state index in [1.807, 2.05) is 13.1 Å². The first-order valence-electron chi connectivity index (χ1n) is 14.0. The van der Waals surface area contributed by atoms with Crippen LogP contribution < -0.4 is 10.6 Å². The molecule has 5 aromatic rings. The number of hydrogen-bond donors (Lipinski definition) is 2. The second-order valence-electron chi connectivity index (χ2n) is 10.3. The molecular weight excluding hydrogens is 474 g/mol. The highest BCUT2D eigenvalue weighted by Crippen LogP contribution is 2.29. The Balaban J connectivity index is 1.37. The molecule has 0 aliphatic rings. The lowest BCUT2D eigenvalue weighted by atomic mass is 9.96. The first kappa shape index (κ1) is 26.7. The van der Waals surface area contributed by atoms with Crippen molar-refractivity contribution in [3.8, 4) is 0 Å². The van der Waals surface area contributed by atoms with E-state index in [1.54, 1.807) is 0 Å². The fourth-order valence-electron chi connectivity index (χ4n) is 5.71. The molecule has 0 amide bonds. The molecular formula is C36H39N3. The van der Waals surface area contributed by atoms with Crippen LogP contribution in [0.4, 0.5) is 0 Å². The van der Waals surface area contributed by atoms with Crippen LogP contribution in [0, 0.1) is 5.92 Å². The largest absolute Gasteiger partial charge is 0.367 e. The van der Waals surface area contributed by atoms with Crippen molar-refractivity contribution in [1.29, 1.82) is 0 Å². The van der Waals surface area contributed by atoms with Gasteiger partial charge in [-0.3, -0.25) is 0 Å². The van der Waals surface area contributed by atoms with Crippen LogP contribution in [0.25, 0.3) is 32.3 Å². The molecule has 2 N–H and O–H groups in total. The summed E-state index contributed by atoms with van der Waals surface area (Å²) in [6.07, 6.45) is 3.00. The molecule has 0 bridgehead atoms. The van der Waals surface area contributed by atoms with Crippen LogP contribution >= 0.6 is 0 Å². The Morgan fingerprint density at radius 3 is 2.10 bits per heavy atom. The maximum absolute atomic E-state index is 4.64. The maximum atomic E-state index is 4.64. The molecule has 198 valence electrons. The molecule has 5 rings (SSSR count). The average molecular weight is 514 g/mol. The minimum Gasteiger partial charge on any atom is -0.367 e. The van der Waals surface area contributed by atoms with E-state index in [0.717, 1.165) is 44.8 Å². The van der Waals surface area contributed by atoms with Gasteiger partial charge in [-0.25, -0.2) is 0 Å². The van der Waals surface area contributed by atoms with Crippen molar-refractivity contribution in [3.63, 3.8) is 0 Å². The Labute approximate surface area is 232 Å². The molecule has 0 heterocycles. The van der Waals surface area contributed by atoms with E-state index in [0.29, 0.717) is 5.92 Å². The quantitative estimate of drug-likeness (QED) is 0.125. The maximum Gasteiger partial charge on any atom is 0.0436 e. The van der Waals surface area contributed by atoms with Crippen molar-refractivity contribution >= 4 is 32.3 Å². The second-order valence-corrected chi connectivity index (χ2v) is 10.3. The monoisotopic (exact) mass is 513 g/mol. The zero-order valence-corrected chi connectivity index (χ0v) is 23.0. The van der Waals surface area contributed by atoms with E-state index < -0.39 is 0 Å². The van der Waals surface area contributed by atoms with Crippen LogP contribution in [-0.2, 0) is 13.1 Å². The summed E-state index contributed by atoms with van der Waals surface area (Å²) in [5, 5.41) is 15.0. The lowest BCUT2D eigenvalue weighted by molar-refractivity contribution is 0.309. The summed E-state index contributed by atoms with van der Waals surface area (Å²) < 4.78 is 0. The van der Waals surface area contributed by atoms with Crippen LogP contribution in [0.5, 0.6) is 0 Å². The minimum atomic E-state index is 0.300. The summed E-state index contributed by atoms with van der Waals surface area (Å²) in [7, 11) is 2.02. The van der Waals surface area contributed by atoms with Crippen LogP contribution in [0.2, 0.25) is 0 Å². The second kappa shape index (κ2) is 12.8. The van der Waals surface area contributed by atoms with Gasteiger partial charge in [-0.05, 0) is 69.5 Å². The van der Waals surface area contributed by atoms with Gasteiger partial charge >= 0.3 is 0 Å². The zero-order chi connectivity index (χ0) is 27.0. The lowest BCUT2D eigenvalue weighted by Crippen LogP contribution is -2.33. The Kier molecular flexibility index (Phi) is 8.72. The van der Waals surface area contributed by atoms with Crippen molar-refractivity contribution in [1.82, 2.24) is 15.5 Å². The first-order chi connectivity index (χ1) is 19.2. The van der Waals surface area contributed by atoms with Gasteiger partial charge in [-0.1, -0.05) is 104 Å². The fraction of sp³-hybridized carbons (Fsp3) is 0.222. The molecule has 0 aliphatic carbocycles. The van der Waals surface area contributed by atoms with Crippen LogP contribution in [0.15, 0.2) is 122 Å². The smallest absolute Gasteiger partial charge is 0.0436 e. The molecule has 5 aromatic carbocycles. The predicted molar refractivity (Wildman–Crippen MR) is 169 cm³/mol. The lowest BCUT2D eigenvalue weighted by Gasteiger charge is -2.32. The normalized spacial score (nSPS) is 12.1. The number of rotatable bonds is 13. The molecule has 0 radical (unpaired) electrons. The summed E-state index contributed by atoms with van der Waals surface area (Å²) in [4.78, 5) is 2.39. The van der Waals surface area contributed by atoms with E-state index >= 15 is 0 Å². The van der Waals surface area contributed by atoms with E-state index in [2.05, 4.69) is 126 Å². The van der Waals surface area contributed by atoms with Crippen LogP contribution in [-0.4, -0.2) is 31.6 Å². The van der Waals surface area contributed by atoms with Gasteiger partial charge < -0.3 is 15.5 Å².